The molecule has 0 amide bonds. The van der Waals surface area contributed by atoms with Gasteiger partial charge in [-0.15, -0.1) is 0 Å². The van der Waals surface area contributed by atoms with Crippen molar-refractivity contribution in [1.82, 2.24) is 0 Å². The first kappa shape index (κ1) is 12.3. The number of hydrogen-bond acceptors (Lipinski definition) is 2. The molecule has 0 aromatic heterocycles. The van der Waals surface area contributed by atoms with Gasteiger partial charge in [0.25, 0.3) is 0 Å². The molecule has 1 aliphatic rings. The van der Waals surface area contributed by atoms with Crippen LogP contribution in [0.25, 0.3) is 0 Å². The number of hydrogen-bond donors (Lipinski definition) is 0. The van der Waals surface area contributed by atoms with Crippen molar-refractivity contribution >= 4 is 5.78 Å². The minimum atomic E-state index is 0.107. The summed E-state index contributed by atoms with van der Waals surface area (Å²) in [5.74, 6) is 0.425. The van der Waals surface area contributed by atoms with Gasteiger partial charge in [0.15, 0.2) is 0 Å². The molecule has 1 aromatic rings. The van der Waals surface area contributed by atoms with Gasteiger partial charge < -0.3 is 4.74 Å². The van der Waals surface area contributed by atoms with Gasteiger partial charge in [-0.25, -0.2) is 0 Å². The van der Waals surface area contributed by atoms with E-state index in [0.717, 1.165) is 18.4 Å². The molecule has 1 saturated heterocycles. The summed E-state index contributed by atoms with van der Waals surface area (Å²) in [5, 5.41) is 0. The third-order valence-corrected chi connectivity index (χ3v) is 3.46. The van der Waals surface area contributed by atoms with Gasteiger partial charge in [0.1, 0.15) is 5.78 Å². The molecule has 1 heterocycles. The molecule has 2 nitrogen and oxygen atoms in total. The van der Waals surface area contributed by atoms with Crippen LogP contribution >= 0.6 is 0 Å². The molecular weight excluding hydrogens is 212 g/mol. The predicted molar refractivity (Wildman–Crippen MR) is 68.1 cm³/mol. The van der Waals surface area contributed by atoms with Crippen LogP contribution < -0.4 is 0 Å². The summed E-state index contributed by atoms with van der Waals surface area (Å²) in [7, 11) is 0. The zero-order valence-corrected chi connectivity index (χ0v) is 10.6. The Morgan fingerprint density at radius 2 is 1.94 bits per heavy atom. The maximum Gasteiger partial charge on any atom is 0.142 e. The van der Waals surface area contributed by atoms with E-state index in [1.54, 1.807) is 0 Å². The molecule has 2 unspecified atom stereocenters. The predicted octanol–water partition coefficient (Wildman–Crippen LogP) is 2.79. The fraction of sp³-hybridized carbons (Fsp3) is 0.533. The minimum absolute atomic E-state index is 0.107. The molecule has 0 spiro atoms. The van der Waals surface area contributed by atoms with E-state index in [4.69, 9.17) is 4.74 Å². The van der Waals surface area contributed by atoms with Crippen molar-refractivity contribution in [3.05, 3.63) is 35.4 Å². The zero-order valence-electron chi connectivity index (χ0n) is 10.6. The number of rotatable bonds is 4. The van der Waals surface area contributed by atoms with Crippen LogP contribution in [0.4, 0.5) is 0 Å². The van der Waals surface area contributed by atoms with E-state index in [2.05, 4.69) is 31.2 Å². The highest BCUT2D eigenvalue weighted by Gasteiger charge is 2.27. The second-order valence-electron chi connectivity index (χ2n) is 4.89. The normalized spacial score (nSPS) is 23.9. The third-order valence-electron chi connectivity index (χ3n) is 3.46. The second-order valence-corrected chi connectivity index (χ2v) is 4.89. The number of carbonyl (C=O) groups is 1. The standard InChI is InChI=1S/C15H20O2/c1-3-12-4-6-13(7-5-12)9-15(16)14-8-11(2)17-10-14/h4-7,11,14H,3,8-10H2,1-2H3. The van der Waals surface area contributed by atoms with Crippen molar-refractivity contribution < 1.29 is 9.53 Å². The zero-order chi connectivity index (χ0) is 12.3. The van der Waals surface area contributed by atoms with E-state index < -0.39 is 0 Å². The number of benzene rings is 1. The molecular formula is C15H20O2. The Hall–Kier alpha value is -1.15. The second kappa shape index (κ2) is 5.46. The van der Waals surface area contributed by atoms with Crippen molar-refractivity contribution in [2.24, 2.45) is 5.92 Å². The van der Waals surface area contributed by atoms with Gasteiger partial charge in [0.2, 0.25) is 0 Å². The van der Waals surface area contributed by atoms with E-state index in [1.807, 2.05) is 6.92 Å². The molecule has 1 aromatic carbocycles. The van der Waals surface area contributed by atoms with E-state index in [-0.39, 0.29) is 12.0 Å². The van der Waals surface area contributed by atoms with Gasteiger partial charge in [0.05, 0.1) is 12.7 Å². The Morgan fingerprint density at radius 1 is 1.29 bits per heavy atom. The van der Waals surface area contributed by atoms with Crippen molar-refractivity contribution in [2.45, 2.75) is 39.2 Å². The van der Waals surface area contributed by atoms with Gasteiger partial charge in [-0.1, -0.05) is 31.2 Å². The number of Topliss-reactive ketones (excluding diaryl/α,β-unsaturated/α-hetero) is 1. The van der Waals surface area contributed by atoms with Crippen LogP contribution in [-0.4, -0.2) is 18.5 Å². The average molecular weight is 232 g/mol. The molecule has 0 N–H and O–H groups in total. The maximum absolute atomic E-state index is 12.0. The van der Waals surface area contributed by atoms with E-state index in [0.29, 0.717) is 18.8 Å². The van der Waals surface area contributed by atoms with Crippen LogP contribution in [0.15, 0.2) is 24.3 Å². The topological polar surface area (TPSA) is 26.3 Å². The summed E-state index contributed by atoms with van der Waals surface area (Å²) in [6.07, 6.45) is 2.71. The molecule has 0 aliphatic carbocycles. The smallest absolute Gasteiger partial charge is 0.142 e. The number of carbonyl (C=O) groups excluding carboxylic acids is 1. The molecule has 17 heavy (non-hydrogen) atoms. The first-order valence-corrected chi connectivity index (χ1v) is 6.41. The molecule has 2 rings (SSSR count). The van der Waals surface area contributed by atoms with Crippen LogP contribution in [0.3, 0.4) is 0 Å². The lowest BCUT2D eigenvalue weighted by molar-refractivity contribution is -0.122. The Balaban J connectivity index is 1.93. The summed E-state index contributed by atoms with van der Waals surface area (Å²) in [6, 6.07) is 8.35. The van der Waals surface area contributed by atoms with Crippen LogP contribution in [0, 0.1) is 5.92 Å². The van der Waals surface area contributed by atoms with Crippen molar-refractivity contribution in [2.75, 3.05) is 6.61 Å². The highest BCUT2D eigenvalue weighted by atomic mass is 16.5. The van der Waals surface area contributed by atoms with E-state index in [1.165, 1.54) is 5.56 Å². The molecule has 2 atom stereocenters. The quantitative estimate of drug-likeness (QED) is 0.798. The summed E-state index contributed by atoms with van der Waals surface area (Å²) in [5.41, 5.74) is 2.44. The highest BCUT2D eigenvalue weighted by molar-refractivity contribution is 5.83. The monoisotopic (exact) mass is 232 g/mol. The maximum atomic E-state index is 12.0. The van der Waals surface area contributed by atoms with Gasteiger partial charge in [0, 0.05) is 12.3 Å². The number of ether oxygens (including phenoxy) is 1. The SMILES string of the molecule is CCc1ccc(CC(=O)C2COC(C)C2)cc1. The van der Waals surface area contributed by atoms with Gasteiger partial charge in [-0.3, -0.25) is 4.79 Å². The van der Waals surface area contributed by atoms with Crippen LogP contribution in [0.2, 0.25) is 0 Å². The van der Waals surface area contributed by atoms with Crippen LogP contribution in [-0.2, 0) is 22.4 Å². The minimum Gasteiger partial charge on any atom is -0.378 e. The molecule has 0 radical (unpaired) electrons. The van der Waals surface area contributed by atoms with Crippen molar-refractivity contribution in [3.63, 3.8) is 0 Å². The van der Waals surface area contributed by atoms with E-state index in [9.17, 15) is 4.79 Å². The Labute approximate surface area is 103 Å². The average Bonchev–Trinajstić information content (AvgIpc) is 2.77. The molecule has 1 fully saturated rings. The first-order chi connectivity index (χ1) is 8.19. The Morgan fingerprint density at radius 3 is 2.47 bits per heavy atom. The lowest BCUT2D eigenvalue weighted by Gasteiger charge is -2.07. The van der Waals surface area contributed by atoms with E-state index >= 15 is 0 Å². The molecule has 1 aliphatic heterocycles. The molecule has 0 saturated carbocycles. The summed E-state index contributed by atoms with van der Waals surface area (Å²) in [4.78, 5) is 12.0. The van der Waals surface area contributed by atoms with Gasteiger partial charge >= 0.3 is 0 Å². The summed E-state index contributed by atoms with van der Waals surface area (Å²) < 4.78 is 5.44. The van der Waals surface area contributed by atoms with Gasteiger partial charge in [-0.2, -0.15) is 0 Å². The highest BCUT2D eigenvalue weighted by Crippen LogP contribution is 2.21. The molecule has 2 heteroatoms. The summed E-state index contributed by atoms with van der Waals surface area (Å²) in [6.45, 7) is 4.77. The molecule has 92 valence electrons. The number of ketones is 1. The first-order valence-electron chi connectivity index (χ1n) is 6.41. The van der Waals surface area contributed by atoms with Gasteiger partial charge in [-0.05, 0) is 30.9 Å². The largest absolute Gasteiger partial charge is 0.378 e. The summed E-state index contributed by atoms with van der Waals surface area (Å²) >= 11 is 0. The Bertz CT molecular complexity index is 380. The fourth-order valence-corrected chi connectivity index (χ4v) is 2.28. The lowest BCUT2D eigenvalue weighted by Crippen LogP contribution is -2.16. The fourth-order valence-electron chi connectivity index (χ4n) is 2.28. The van der Waals surface area contributed by atoms with Crippen molar-refractivity contribution in [1.29, 1.82) is 0 Å². The molecule has 0 bridgehead atoms. The van der Waals surface area contributed by atoms with Crippen molar-refractivity contribution in [3.8, 4) is 0 Å². The van der Waals surface area contributed by atoms with Crippen LogP contribution in [0.5, 0.6) is 0 Å². The van der Waals surface area contributed by atoms with Crippen LogP contribution in [0.1, 0.15) is 31.4 Å². The number of aryl methyl sites for hydroxylation is 1. The third kappa shape index (κ3) is 3.16. The lowest BCUT2D eigenvalue weighted by atomic mass is 9.95. The Kier molecular flexibility index (Phi) is 3.95.